The van der Waals surface area contributed by atoms with E-state index < -0.39 is 0 Å². The van der Waals surface area contributed by atoms with Crippen molar-refractivity contribution in [3.8, 4) is 0 Å². The van der Waals surface area contributed by atoms with E-state index in [4.69, 9.17) is 0 Å². The fourth-order valence-electron chi connectivity index (χ4n) is 4.49. The van der Waals surface area contributed by atoms with Crippen LogP contribution in [0.4, 0.5) is 10.5 Å². The molecule has 29 heavy (non-hydrogen) atoms. The minimum atomic E-state index is -0.0268. The minimum absolute atomic E-state index is 0.0268. The molecule has 0 aliphatic carbocycles. The van der Waals surface area contributed by atoms with E-state index >= 15 is 0 Å². The van der Waals surface area contributed by atoms with Gasteiger partial charge in [-0.1, -0.05) is 26.8 Å². The van der Waals surface area contributed by atoms with Crippen LogP contribution in [0.15, 0.2) is 24.3 Å². The van der Waals surface area contributed by atoms with Gasteiger partial charge in [0.05, 0.1) is 6.54 Å². The van der Waals surface area contributed by atoms with Crippen LogP contribution in [0.5, 0.6) is 0 Å². The molecule has 0 unspecified atom stereocenters. The number of nitrogens with zero attached hydrogens (tertiary/aromatic N) is 2. The largest absolute Gasteiger partial charge is 0.322 e. The van der Waals surface area contributed by atoms with E-state index in [0.29, 0.717) is 19.1 Å². The van der Waals surface area contributed by atoms with E-state index in [1.54, 1.807) is 0 Å². The Hall–Kier alpha value is -2.40. The maximum Gasteiger partial charge on any atom is 0.322 e. The zero-order chi connectivity index (χ0) is 20.8. The average molecular weight is 393 g/mol. The Balaban J connectivity index is 1.70. The lowest BCUT2D eigenvalue weighted by atomic mass is 9.82. The SMILES string of the molecule is Cc1cc(CN2Cc3c(cc(C(C)(C)C)cc3[C@@H]3CCCN3)NC2=O)cc(C)n1. The number of rotatable bonds is 3. The van der Waals surface area contributed by atoms with Crippen LogP contribution in [-0.4, -0.2) is 22.5 Å². The molecule has 2 aromatic rings. The summed E-state index contributed by atoms with van der Waals surface area (Å²) in [5.41, 5.74) is 7.98. The zero-order valence-electron chi connectivity index (χ0n) is 18.2. The number of aryl methyl sites for hydroxylation is 2. The summed E-state index contributed by atoms with van der Waals surface area (Å²) in [5, 5.41) is 6.83. The van der Waals surface area contributed by atoms with Crippen LogP contribution >= 0.6 is 0 Å². The molecule has 2 amide bonds. The number of hydrogen-bond donors (Lipinski definition) is 2. The van der Waals surface area contributed by atoms with Crippen molar-refractivity contribution in [3.05, 3.63) is 57.9 Å². The molecule has 0 saturated carbocycles. The lowest BCUT2D eigenvalue weighted by molar-refractivity contribution is 0.203. The van der Waals surface area contributed by atoms with Gasteiger partial charge in [-0.25, -0.2) is 4.79 Å². The van der Waals surface area contributed by atoms with Crippen LogP contribution < -0.4 is 10.6 Å². The highest BCUT2D eigenvalue weighted by molar-refractivity contribution is 5.93. The third kappa shape index (κ3) is 4.15. The second-order valence-electron chi connectivity index (χ2n) is 9.53. The van der Waals surface area contributed by atoms with Gasteiger partial charge in [-0.15, -0.1) is 0 Å². The van der Waals surface area contributed by atoms with Crippen molar-refractivity contribution in [2.45, 2.75) is 72.0 Å². The van der Waals surface area contributed by atoms with Crippen LogP contribution in [0, 0.1) is 13.8 Å². The first-order valence-corrected chi connectivity index (χ1v) is 10.6. The van der Waals surface area contributed by atoms with E-state index in [2.05, 4.69) is 60.7 Å². The van der Waals surface area contributed by atoms with Crippen molar-refractivity contribution in [3.63, 3.8) is 0 Å². The number of urea groups is 1. The highest BCUT2D eigenvalue weighted by Crippen LogP contribution is 2.38. The number of fused-ring (bicyclic) bond motifs is 1. The van der Waals surface area contributed by atoms with Gasteiger partial charge in [0.15, 0.2) is 0 Å². The van der Waals surface area contributed by atoms with E-state index in [1.807, 2.05) is 18.7 Å². The van der Waals surface area contributed by atoms with Gasteiger partial charge in [-0.2, -0.15) is 0 Å². The molecule has 1 saturated heterocycles. The first-order chi connectivity index (χ1) is 13.7. The number of carbonyl (C=O) groups is 1. The molecule has 2 aliphatic rings. The minimum Gasteiger partial charge on any atom is -0.316 e. The highest BCUT2D eigenvalue weighted by atomic mass is 16.2. The number of hydrogen-bond acceptors (Lipinski definition) is 3. The van der Waals surface area contributed by atoms with Gasteiger partial charge in [-0.05, 0) is 79.1 Å². The summed E-state index contributed by atoms with van der Waals surface area (Å²) in [5.74, 6) is 0. The molecule has 1 aromatic heterocycles. The van der Waals surface area contributed by atoms with Crippen molar-refractivity contribution >= 4 is 11.7 Å². The standard InChI is InChI=1S/C24H32N4O/c1-15-9-17(10-16(2)26-15)13-28-14-20-19(21-7-6-8-25-21)11-18(24(3,4)5)12-22(20)27-23(28)29/h9-12,21,25H,6-8,13-14H2,1-5H3,(H,27,29)/t21-/m0/s1. The third-order valence-electron chi connectivity index (χ3n) is 5.98. The summed E-state index contributed by atoms with van der Waals surface area (Å²) in [7, 11) is 0. The van der Waals surface area contributed by atoms with Gasteiger partial charge in [0.2, 0.25) is 0 Å². The second-order valence-corrected chi connectivity index (χ2v) is 9.53. The Morgan fingerprint density at radius 1 is 1.14 bits per heavy atom. The molecule has 5 heteroatoms. The summed E-state index contributed by atoms with van der Waals surface area (Å²) in [6, 6.07) is 9.01. The Morgan fingerprint density at radius 2 is 1.86 bits per heavy atom. The van der Waals surface area contributed by atoms with Gasteiger partial charge in [0, 0.05) is 29.7 Å². The maximum atomic E-state index is 12.9. The van der Waals surface area contributed by atoms with Gasteiger partial charge in [0.1, 0.15) is 0 Å². The molecule has 4 rings (SSSR count). The first-order valence-electron chi connectivity index (χ1n) is 10.6. The fraction of sp³-hybridized carbons (Fsp3) is 0.500. The predicted molar refractivity (Wildman–Crippen MR) is 117 cm³/mol. The van der Waals surface area contributed by atoms with Crippen molar-refractivity contribution in [2.75, 3.05) is 11.9 Å². The molecule has 0 spiro atoms. The smallest absolute Gasteiger partial charge is 0.316 e. The molecule has 2 N–H and O–H groups in total. The van der Waals surface area contributed by atoms with Crippen LogP contribution in [0.1, 0.15) is 73.3 Å². The molecule has 0 radical (unpaired) electrons. The van der Waals surface area contributed by atoms with Gasteiger partial charge in [-0.3, -0.25) is 4.98 Å². The van der Waals surface area contributed by atoms with Crippen LogP contribution in [0.2, 0.25) is 0 Å². The third-order valence-corrected chi connectivity index (χ3v) is 5.98. The van der Waals surface area contributed by atoms with E-state index in [0.717, 1.165) is 35.6 Å². The first kappa shape index (κ1) is 19.9. The Bertz CT molecular complexity index is 918. The summed E-state index contributed by atoms with van der Waals surface area (Å²) < 4.78 is 0. The number of aromatic nitrogens is 1. The Kier molecular flexibility index (Phi) is 5.11. The van der Waals surface area contributed by atoms with Gasteiger partial charge < -0.3 is 15.5 Å². The van der Waals surface area contributed by atoms with E-state index in [-0.39, 0.29) is 11.4 Å². The fourth-order valence-corrected chi connectivity index (χ4v) is 4.49. The predicted octanol–water partition coefficient (Wildman–Crippen LogP) is 4.97. The zero-order valence-corrected chi connectivity index (χ0v) is 18.2. The summed E-state index contributed by atoms with van der Waals surface area (Å²) >= 11 is 0. The van der Waals surface area contributed by atoms with Crippen molar-refractivity contribution in [1.29, 1.82) is 0 Å². The molecule has 3 heterocycles. The summed E-state index contributed by atoms with van der Waals surface area (Å²) in [4.78, 5) is 19.3. The van der Waals surface area contributed by atoms with Crippen molar-refractivity contribution in [2.24, 2.45) is 0 Å². The quantitative estimate of drug-likeness (QED) is 0.775. The number of benzene rings is 1. The molecule has 2 aliphatic heterocycles. The summed E-state index contributed by atoms with van der Waals surface area (Å²) in [6.07, 6.45) is 2.35. The van der Waals surface area contributed by atoms with Gasteiger partial charge >= 0.3 is 6.03 Å². The Labute approximate surface area is 173 Å². The molecule has 0 bridgehead atoms. The average Bonchev–Trinajstić information content (AvgIpc) is 3.14. The molecule has 1 atom stereocenters. The van der Waals surface area contributed by atoms with Crippen molar-refractivity contribution < 1.29 is 4.79 Å². The normalized spacial score (nSPS) is 19.3. The van der Waals surface area contributed by atoms with E-state index in [1.165, 1.54) is 23.1 Å². The number of nitrogens with one attached hydrogen (secondary N) is 2. The van der Waals surface area contributed by atoms with Gasteiger partial charge in [0.25, 0.3) is 0 Å². The van der Waals surface area contributed by atoms with Crippen molar-refractivity contribution in [1.82, 2.24) is 15.2 Å². The van der Waals surface area contributed by atoms with Crippen LogP contribution in [0.25, 0.3) is 0 Å². The molecule has 154 valence electrons. The lowest BCUT2D eigenvalue weighted by Crippen LogP contribution is -2.39. The number of amides is 2. The number of anilines is 1. The number of carbonyl (C=O) groups excluding carboxylic acids is 1. The van der Waals surface area contributed by atoms with Crippen LogP contribution in [0.3, 0.4) is 0 Å². The van der Waals surface area contributed by atoms with E-state index in [9.17, 15) is 4.79 Å². The summed E-state index contributed by atoms with van der Waals surface area (Å²) in [6.45, 7) is 13.0. The highest BCUT2D eigenvalue weighted by Gasteiger charge is 2.30. The molecule has 1 aromatic carbocycles. The second kappa shape index (κ2) is 7.45. The monoisotopic (exact) mass is 392 g/mol. The molecular formula is C24H32N4O. The lowest BCUT2D eigenvalue weighted by Gasteiger charge is -2.34. The van der Waals surface area contributed by atoms with Crippen LogP contribution in [-0.2, 0) is 18.5 Å². The topological polar surface area (TPSA) is 57.3 Å². The molecule has 5 nitrogen and oxygen atoms in total. The molecular weight excluding hydrogens is 360 g/mol. The number of pyridine rings is 1. The Morgan fingerprint density at radius 3 is 2.48 bits per heavy atom. The maximum absolute atomic E-state index is 12.9. The molecule has 1 fully saturated rings.